The first-order chi connectivity index (χ1) is 16.7. The number of amides is 1. The van der Waals surface area contributed by atoms with Crippen LogP contribution < -0.4 is 5.32 Å². The molecule has 2 atom stereocenters. The van der Waals surface area contributed by atoms with E-state index in [2.05, 4.69) is 36.1 Å². The second kappa shape index (κ2) is 9.63. The molecule has 4 heterocycles. The Morgan fingerprint density at radius 1 is 1.31 bits per heavy atom. The number of benzene rings is 1. The summed E-state index contributed by atoms with van der Waals surface area (Å²) in [5, 5.41) is 13.7. The first-order valence-corrected chi connectivity index (χ1v) is 12.9. The Morgan fingerprint density at radius 3 is 2.91 bits per heavy atom. The number of hydrogen-bond donors (Lipinski definition) is 2. The molecule has 1 aromatic carbocycles. The van der Waals surface area contributed by atoms with Gasteiger partial charge in [0.25, 0.3) is 0 Å². The molecular weight excluding hydrogens is 488 g/mol. The fourth-order valence-corrected chi connectivity index (χ4v) is 6.23. The number of carbonyl (C=O) groups is 1. The van der Waals surface area contributed by atoms with Gasteiger partial charge in [-0.3, -0.25) is 4.90 Å². The average Bonchev–Trinajstić information content (AvgIpc) is 3.37. The number of aromatic nitrogens is 2. The summed E-state index contributed by atoms with van der Waals surface area (Å²) >= 11 is 8.06. The number of ether oxygens (including phenoxy) is 2. The SMILES string of the molecule is Cc1cc(Cl)cc(-c2ncnc3cc(CN4C(=O)OCC4CO)sc23)c1CC1CNCC(C)(C)O1. The molecule has 0 saturated carbocycles. The predicted molar refractivity (Wildman–Crippen MR) is 136 cm³/mol. The normalized spacial score (nSPS) is 22.1. The molecule has 2 fully saturated rings. The van der Waals surface area contributed by atoms with Crippen molar-refractivity contribution in [3.8, 4) is 11.3 Å². The van der Waals surface area contributed by atoms with Crippen LogP contribution in [-0.2, 0) is 22.4 Å². The highest BCUT2D eigenvalue weighted by atomic mass is 35.5. The van der Waals surface area contributed by atoms with Crippen LogP contribution >= 0.6 is 22.9 Å². The molecule has 2 N–H and O–H groups in total. The number of fused-ring (bicyclic) bond motifs is 1. The third kappa shape index (κ3) is 5.01. The first kappa shape index (κ1) is 24.4. The summed E-state index contributed by atoms with van der Waals surface area (Å²) < 4.78 is 12.4. The zero-order valence-electron chi connectivity index (χ0n) is 20.0. The topological polar surface area (TPSA) is 96.8 Å². The Hall–Kier alpha value is -2.30. The molecule has 2 aliphatic rings. The van der Waals surface area contributed by atoms with Crippen LogP contribution in [0.25, 0.3) is 21.5 Å². The van der Waals surface area contributed by atoms with Crippen molar-refractivity contribution in [2.75, 3.05) is 26.3 Å². The highest BCUT2D eigenvalue weighted by molar-refractivity contribution is 7.19. The van der Waals surface area contributed by atoms with Gasteiger partial charge in [-0.15, -0.1) is 11.3 Å². The molecule has 0 radical (unpaired) electrons. The number of morpholine rings is 1. The van der Waals surface area contributed by atoms with Gasteiger partial charge in [-0.2, -0.15) is 0 Å². The maximum atomic E-state index is 12.1. The number of halogens is 1. The van der Waals surface area contributed by atoms with Gasteiger partial charge in [0, 0.05) is 35.0 Å². The fourth-order valence-electron chi connectivity index (χ4n) is 4.84. The van der Waals surface area contributed by atoms with Crippen LogP contribution in [0.2, 0.25) is 5.02 Å². The summed E-state index contributed by atoms with van der Waals surface area (Å²) in [5.41, 5.74) is 4.61. The molecule has 0 spiro atoms. The van der Waals surface area contributed by atoms with Crippen molar-refractivity contribution in [3.63, 3.8) is 0 Å². The largest absolute Gasteiger partial charge is 0.447 e. The van der Waals surface area contributed by atoms with E-state index in [1.807, 2.05) is 18.2 Å². The van der Waals surface area contributed by atoms with Crippen molar-refractivity contribution in [3.05, 3.63) is 45.6 Å². The lowest BCUT2D eigenvalue weighted by Crippen LogP contribution is -2.51. The van der Waals surface area contributed by atoms with Gasteiger partial charge >= 0.3 is 6.09 Å². The zero-order valence-corrected chi connectivity index (χ0v) is 21.6. The molecule has 186 valence electrons. The van der Waals surface area contributed by atoms with E-state index in [0.29, 0.717) is 11.6 Å². The van der Waals surface area contributed by atoms with E-state index in [1.165, 1.54) is 0 Å². The third-order valence-corrected chi connectivity index (χ3v) is 7.84. The van der Waals surface area contributed by atoms with Gasteiger partial charge in [-0.05, 0) is 50.1 Å². The number of aliphatic hydroxyl groups is 1. The van der Waals surface area contributed by atoms with Crippen LogP contribution in [0.5, 0.6) is 0 Å². The molecule has 3 aromatic rings. The van der Waals surface area contributed by atoms with E-state index in [4.69, 9.17) is 21.1 Å². The molecule has 2 aromatic heterocycles. The molecule has 0 bridgehead atoms. The molecule has 2 saturated heterocycles. The number of nitrogens with zero attached hydrogens (tertiary/aromatic N) is 3. The van der Waals surface area contributed by atoms with Gasteiger partial charge in [-0.1, -0.05) is 11.6 Å². The monoisotopic (exact) mass is 516 g/mol. The standard InChI is InChI=1S/C25H29ClN4O4S/c1-14-4-15(26)5-20(19(14)6-17-8-27-12-25(2,3)34-17)22-23-21(28-13-29-22)7-18(35-23)9-30-16(10-31)11-33-24(30)32/h4-5,7,13,16-17,27,31H,6,8-12H2,1-3H3. The lowest BCUT2D eigenvalue weighted by molar-refractivity contribution is -0.0928. The van der Waals surface area contributed by atoms with E-state index in [9.17, 15) is 9.90 Å². The van der Waals surface area contributed by atoms with Crippen molar-refractivity contribution >= 4 is 39.2 Å². The Kier molecular flexibility index (Phi) is 6.71. The van der Waals surface area contributed by atoms with Gasteiger partial charge < -0.3 is 19.9 Å². The Morgan fingerprint density at radius 2 is 2.14 bits per heavy atom. The number of aliphatic hydroxyl groups excluding tert-OH is 1. The number of rotatable bonds is 6. The van der Waals surface area contributed by atoms with E-state index < -0.39 is 6.09 Å². The van der Waals surface area contributed by atoms with Crippen molar-refractivity contribution < 1.29 is 19.4 Å². The minimum absolute atomic E-state index is 0.0326. The summed E-state index contributed by atoms with van der Waals surface area (Å²) in [6.07, 6.45) is 1.92. The lowest BCUT2D eigenvalue weighted by Gasteiger charge is -2.37. The highest BCUT2D eigenvalue weighted by Gasteiger charge is 2.33. The van der Waals surface area contributed by atoms with Crippen LogP contribution in [0.15, 0.2) is 24.5 Å². The van der Waals surface area contributed by atoms with Crippen LogP contribution in [0.1, 0.15) is 29.9 Å². The number of cyclic esters (lactones) is 1. The van der Waals surface area contributed by atoms with Gasteiger partial charge in [0.1, 0.15) is 12.9 Å². The van der Waals surface area contributed by atoms with E-state index >= 15 is 0 Å². The second-order valence-corrected chi connectivity index (χ2v) is 11.3. The molecule has 35 heavy (non-hydrogen) atoms. The third-order valence-electron chi connectivity index (χ3n) is 6.51. The van der Waals surface area contributed by atoms with E-state index in [0.717, 1.165) is 57.0 Å². The smallest absolute Gasteiger partial charge is 0.410 e. The molecule has 10 heteroatoms. The number of carbonyl (C=O) groups excluding carboxylic acids is 1. The molecule has 8 nitrogen and oxygen atoms in total. The van der Waals surface area contributed by atoms with E-state index in [1.54, 1.807) is 22.6 Å². The Labute approximate surface area is 213 Å². The quantitative estimate of drug-likeness (QED) is 0.512. The molecule has 5 rings (SSSR count). The first-order valence-electron chi connectivity index (χ1n) is 11.7. The Balaban J connectivity index is 1.52. The van der Waals surface area contributed by atoms with Crippen molar-refractivity contribution in [2.45, 2.75) is 51.5 Å². The average molecular weight is 517 g/mol. The molecule has 1 amide bonds. The Bertz CT molecular complexity index is 1260. The van der Waals surface area contributed by atoms with Crippen molar-refractivity contribution in [1.29, 1.82) is 0 Å². The lowest BCUT2D eigenvalue weighted by atomic mass is 9.93. The summed E-state index contributed by atoms with van der Waals surface area (Å²) in [7, 11) is 0. The minimum atomic E-state index is -0.412. The number of aryl methyl sites for hydroxylation is 1. The van der Waals surface area contributed by atoms with Gasteiger partial charge in [-0.25, -0.2) is 14.8 Å². The summed E-state index contributed by atoms with van der Waals surface area (Å²) in [6, 6.07) is 5.58. The van der Waals surface area contributed by atoms with Crippen molar-refractivity contribution in [1.82, 2.24) is 20.2 Å². The molecule has 2 aliphatic heterocycles. The van der Waals surface area contributed by atoms with Crippen LogP contribution in [-0.4, -0.2) is 70.1 Å². The predicted octanol–water partition coefficient (Wildman–Crippen LogP) is 3.94. The summed E-state index contributed by atoms with van der Waals surface area (Å²) in [4.78, 5) is 23.8. The van der Waals surface area contributed by atoms with Crippen LogP contribution in [0.3, 0.4) is 0 Å². The number of thiophene rings is 1. The summed E-state index contributed by atoms with van der Waals surface area (Å²) in [5.74, 6) is 0. The molecule has 2 unspecified atom stereocenters. The van der Waals surface area contributed by atoms with Gasteiger partial charge in [0.05, 0.1) is 46.8 Å². The van der Waals surface area contributed by atoms with Crippen molar-refractivity contribution in [2.24, 2.45) is 0 Å². The summed E-state index contributed by atoms with van der Waals surface area (Å²) in [6.45, 7) is 8.28. The van der Waals surface area contributed by atoms with Crippen LogP contribution in [0, 0.1) is 6.92 Å². The molecule has 0 aliphatic carbocycles. The molecular formula is C25H29ClN4O4S. The maximum absolute atomic E-state index is 12.1. The van der Waals surface area contributed by atoms with Gasteiger partial charge in [0.2, 0.25) is 0 Å². The minimum Gasteiger partial charge on any atom is -0.447 e. The van der Waals surface area contributed by atoms with Crippen LogP contribution in [0.4, 0.5) is 4.79 Å². The maximum Gasteiger partial charge on any atom is 0.410 e. The van der Waals surface area contributed by atoms with Gasteiger partial charge in [0.15, 0.2) is 0 Å². The number of nitrogens with one attached hydrogen (secondary N) is 1. The zero-order chi connectivity index (χ0) is 24.7. The number of hydrogen-bond acceptors (Lipinski definition) is 8. The highest BCUT2D eigenvalue weighted by Crippen LogP contribution is 2.38. The van der Waals surface area contributed by atoms with E-state index in [-0.39, 0.29) is 31.0 Å². The second-order valence-electron chi connectivity index (χ2n) is 9.77. The fraction of sp³-hybridized carbons (Fsp3) is 0.480.